The molecule has 0 aliphatic carbocycles. The molecule has 0 aliphatic rings. The minimum Gasteiger partial charge on any atom is -0.250 e. The molecule has 2 N–H and O–H groups in total. The van der Waals surface area contributed by atoms with Gasteiger partial charge in [0.15, 0.2) is 0 Å². The Morgan fingerprint density at radius 1 is 1.04 bits per heavy atom. The molecule has 0 radical (unpaired) electrons. The van der Waals surface area contributed by atoms with E-state index in [0.29, 0.717) is 5.02 Å². The summed E-state index contributed by atoms with van der Waals surface area (Å²) in [5.41, 5.74) is 4.21. The highest BCUT2D eigenvalue weighted by Gasteiger charge is 2.18. The first-order valence-electron chi connectivity index (χ1n) is 7.12. The van der Waals surface area contributed by atoms with E-state index >= 15 is 0 Å². The molecule has 0 unspecified atom stereocenters. The lowest BCUT2D eigenvalue weighted by Crippen LogP contribution is -2.41. The molecule has 0 spiro atoms. The molecule has 0 aliphatic heterocycles. The zero-order valence-electron chi connectivity index (χ0n) is 13.0. The van der Waals surface area contributed by atoms with E-state index in [4.69, 9.17) is 11.6 Å². The smallest absolute Gasteiger partial charge is 0.240 e. The lowest BCUT2D eigenvalue weighted by Gasteiger charge is -2.23. The Labute approximate surface area is 142 Å². The van der Waals surface area contributed by atoms with Gasteiger partial charge in [0.05, 0.1) is 10.9 Å². The van der Waals surface area contributed by atoms with Crippen LogP contribution in [0.15, 0.2) is 59.5 Å². The summed E-state index contributed by atoms with van der Waals surface area (Å²) in [4.78, 5) is 0.193. The number of hydrogen-bond acceptors (Lipinski definition) is 4. The minimum atomic E-state index is -3.58. The van der Waals surface area contributed by atoms with E-state index in [-0.39, 0.29) is 17.5 Å². The van der Waals surface area contributed by atoms with Crippen molar-refractivity contribution >= 4 is 21.6 Å². The first kappa shape index (κ1) is 17.9. The van der Waals surface area contributed by atoms with E-state index in [1.54, 1.807) is 17.1 Å². The molecule has 0 saturated heterocycles. The van der Waals surface area contributed by atoms with Crippen LogP contribution in [-0.2, 0) is 10.0 Å². The maximum Gasteiger partial charge on any atom is 0.240 e. The highest BCUT2D eigenvalue weighted by Crippen LogP contribution is 2.16. The highest BCUT2D eigenvalue weighted by atomic mass is 35.5. The van der Waals surface area contributed by atoms with Crippen LogP contribution < -0.4 is 10.1 Å². The van der Waals surface area contributed by atoms with E-state index in [1.807, 2.05) is 44.4 Å². The van der Waals surface area contributed by atoms with Crippen LogP contribution in [0.25, 0.3) is 0 Å². The molecule has 23 heavy (non-hydrogen) atoms. The molecule has 0 amide bonds. The van der Waals surface area contributed by atoms with Crippen molar-refractivity contribution in [2.24, 2.45) is 0 Å². The van der Waals surface area contributed by atoms with Crippen LogP contribution in [0, 0.1) is 0 Å². The van der Waals surface area contributed by atoms with Gasteiger partial charge in [-0.3, -0.25) is 0 Å². The molecule has 1 atom stereocenters. The zero-order valence-corrected chi connectivity index (χ0v) is 14.6. The van der Waals surface area contributed by atoms with Gasteiger partial charge in [-0.25, -0.2) is 23.6 Å². The normalized spacial score (nSPS) is 13.2. The van der Waals surface area contributed by atoms with Crippen molar-refractivity contribution in [3.8, 4) is 0 Å². The summed E-state index contributed by atoms with van der Waals surface area (Å²) in [6.07, 6.45) is 0. The van der Waals surface area contributed by atoms with Crippen LogP contribution in [0.4, 0.5) is 0 Å². The number of halogens is 1. The van der Waals surface area contributed by atoms with Crippen LogP contribution in [0.5, 0.6) is 0 Å². The summed E-state index contributed by atoms with van der Waals surface area (Å²) in [5, 5.41) is 2.30. The van der Waals surface area contributed by atoms with E-state index in [0.717, 1.165) is 5.56 Å². The number of nitrogens with one attached hydrogen (secondary N) is 2. The Hall–Kier alpha value is -1.44. The predicted molar refractivity (Wildman–Crippen MR) is 92.6 cm³/mol. The molecule has 7 heteroatoms. The molecule has 124 valence electrons. The van der Waals surface area contributed by atoms with Gasteiger partial charge in [0.1, 0.15) is 0 Å². The Balaban J connectivity index is 2.12. The second-order valence-electron chi connectivity index (χ2n) is 5.29. The van der Waals surface area contributed by atoms with Crippen molar-refractivity contribution in [2.45, 2.75) is 10.9 Å². The third-order valence-corrected chi connectivity index (χ3v) is 4.91. The van der Waals surface area contributed by atoms with Crippen LogP contribution >= 0.6 is 11.6 Å². The molecule has 5 nitrogen and oxygen atoms in total. The van der Waals surface area contributed by atoms with E-state index in [9.17, 15) is 8.42 Å². The number of nitrogens with zero attached hydrogens (tertiary/aromatic N) is 1. The van der Waals surface area contributed by atoms with Gasteiger partial charge in [-0.1, -0.05) is 41.9 Å². The van der Waals surface area contributed by atoms with Crippen LogP contribution in [0.2, 0.25) is 5.02 Å². The van der Waals surface area contributed by atoms with Gasteiger partial charge in [0.2, 0.25) is 10.0 Å². The molecular weight excluding hydrogens is 334 g/mol. The lowest BCUT2D eigenvalue weighted by atomic mass is 10.1. The van der Waals surface area contributed by atoms with Gasteiger partial charge in [0.25, 0.3) is 0 Å². The maximum absolute atomic E-state index is 12.4. The van der Waals surface area contributed by atoms with Gasteiger partial charge in [-0.05, 0) is 29.8 Å². The number of benzene rings is 2. The van der Waals surface area contributed by atoms with Gasteiger partial charge in [-0.2, -0.15) is 0 Å². The quantitative estimate of drug-likeness (QED) is 0.750. The van der Waals surface area contributed by atoms with Crippen LogP contribution in [0.3, 0.4) is 0 Å². The average molecular weight is 354 g/mol. The van der Waals surface area contributed by atoms with E-state index < -0.39 is 10.0 Å². The summed E-state index contributed by atoms with van der Waals surface area (Å²) in [7, 11) is 0.146. The Bertz CT molecular complexity index is 719. The SMILES string of the molecule is CN(C)N[C@@H](CNS(=O)(=O)c1ccc(Cl)cc1)c1ccccc1. The highest BCUT2D eigenvalue weighted by molar-refractivity contribution is 7.89. The van der Waals surface area contributed by atoms with Gasteiger partial charge < -0.3 is 0 Å². The van der Waals surface area contributed by atoms with E-state index in [2.05, 4.69) is 10.1 Å². The van der Waals surface area contributed by atoms with Gasteiger partial charge in [0, 0.05) is 25.7 Å². The molecule has 2 aromatic carbocycles. The molecule has 0 aromatic heterocycles. The monoisotopic (exact) mass is 353 g/mol. The Morgan fingerprint density at radius 2 is 1.65 bits per heavy atom. The molecular formula is C16H20ClN3O2S. The Morgan fingerprint density at radius 3 is 2.22 bits per heavy atom. The third-order valence-electron chi connectivity index (χ3n) is 3.22. The summed E-state index contributed by atoms with van der Waals surface area (Å²) < 4.78 is 27.4. The third kappa shape index (κ3) is 5.30. The van der Waals surface area contributed by atoms with Gasteiger partial charge >= 0.3 is 0 Å². The molecule has 0 saturated carbocycles. The Kier molecular flexibility index (Phi) is 6.15. The number of hydrogen-bond donors (Lipinski definition) is 2. The second kappa shape index (κ2) is 7.90. The average Bonchev–Trinajstić information content (AvgIpc) is 2.52. The van der Waals surface area contributed by atoms with Crippen LogP contribution in [0.1, 0.15) is 11.6 Å². The van der Waals surface area contributed by atoms with Crippen LogP contribution in [-0.4, -0.2) is 34.1 Å². The number of sulfonamides is 1. The maximum atomic E-state index is 12.4. The molecule has 0 fully saturated rings. The fourth-order valence-electron chi connectivity index (χ4n) is 2.13. The van der Waals surface area contributed by atoms with Crippen molar-refractivity contribution < 1.29 is 8.42 Å². The standard InChI is InChI=1S/C16H20ClN3O2S/c1-20(2)19-16(13-6-4-3-5-7-13)12-18-23(21,22)15-10-8-14(17)9-11-15/h3-11,16,18-19H,12H2,1-2H3/t16-/m0/s1. The number of rotatable bonds is 7. The molecule has 2 rings (SSSR count). The summed E-state index contributed by atoms with van der Waals surface area (Å²) in [5.74, 6) is 0. The molecule has 0 bridgehead atoms. The first-order valence-corrected chi connectivity index (χ1v) is 8.98. The van der Waals surface area contributed by atoms with Crippen molar-refractivity contribution in [2.75, 3.05) is 20.6 Å². The predicted octanol–water partition coefficient (Wildman–Crippen LogP) is 2.43. The molecule has 2 aromatic rings. The van der Waals surface area contributed by atoms with Gasteiger partial charge in [-0.15, -0.1) is 0 Å². The molecule has 0 heterocycles. The summed E-state index contributed by atoms with van der Waals surface area (Å²) in [6.45, 7) is 0.229. The van der Waals surface area contributed by atoms with E-state index in [1.165, 1.54) is 12.1 Å². The van der Waals surface area contributed by atoms with Crippen molar-refractivity contribution in [3.05, 3.63) is 65.2 Å². The largest absolute Gasteiger partial charge is 0.250 e. The first-order chi connectivity index (χ1) is 10.9. The number of hydrazine groups is 1. The minimum absolute atomic E-state index is 0.173. The summed E-state index contributed by atoms with van der Waals surface area (Å²) >= 11 is 5.80. The van der Waals surface area contributed by atoms with Crippen molar-refractivity contribution in [1.29, 1.82) is 0 Å². The topological polar surface area (TPSA) is 61.4 Å². The summed E-state index contributed by atoms with van der Waals surface area (Å²) in [6, 6.07) is 15.6. The van der Waals surface area contributed by atoms with Crippen molar-refractivity contribution in [3.63, 3.8) is 0 Å². The fourth-order valence-corrected chi connectivity index (χ4v) is 3.30. The lowest BCUT2D eigenvalue weighted by molar-refractivity contribution is 0.243. The zero-order chi connectivity index (χ0) is 16.9. The second-order valence-corrected chi connectivity index (χ2v) is 7.50. The van der Waals surface area contributed by atoms with Crippen molar-refractivity contribution in [1.82, 2.24) is 15.2 Å². The fraction of sp³-hybridized carbons (Fsp3) is 0.250.